The van der Waals surface area contributed by atoms with Crippen LogP contribution in [0.2, 0.25) is 0 Å². The molecule has 4 rings (SSSR count). The van der Waals surface area contributed by atoms with E-state index in [2.05, 4.69) is 32.2 Å². The molecule has 1 fully saturated rings. The van der Waals surface area contributed by atoms with Gasteiger partial charge in [0.05, 0.1) is 26.6 Å². The van der Waals surface area contributed by atoms with Crippen molar-refractivity contribution < 1.29 is 23.5 Å². The molecule has 4 atom stereocenters. The average Bonchev–Trinajstić information content (AvgIpc) is 3.32. The van der Waals surface area contributed by atoms with Gasteiger partial charge in [-0.1, -0.05) is 68.5 Å². The fraction of sp³-hybridized carbons (Fsp3) is 0.429. The number of esters is 1. The Kier molecular flexibility index (Phi) is 10.5. The van der Waals surface area contributed by atoms with Gasteiger partial charge in [-0.2, -0.15) is 0 Å². The molecule has 0 bridgehead atoms. The number of allylic oxidation sites excluding steroid dienone is 5. The number of ether oxygens (including phenoxy) is 2. The van der Waals surface area contributed by atoms with E-state index in [-0.39, 0.29) is 30.7 Å². The van der Waals surface area contributed by atoms with Crippen LogP contribution in [0.1, 0.15) is 61.4 Å². The molecule has 0 N–H and O–H groups in total. The van der Waals surface area contributed by atoms with E-state index in [0.717, 1.165) is 46.7 Å². The van der Waals surface area contributed by atoms with Crippen LogP contribution in [-0.2, 0) is 9.53 Å². The summed E-state index contributed by atoms with van der Waals surface area (Å²) in [4.78, 5) is 26.3. The third-order valence-corrected chi connectivity index (χ3v) is 8.26. The molecular formula is C35H44NO4+. The molecule has 1 aliphatic carbocycles. The van der Waals surface area contributed by atoms with Gasteiger partial charge in [0, 0.05) is 29.7 Å². The molecule has 1 heterocycles. The number of Topliss-reactive ketones (excluding diaryl/α,β-unsaturated/α-hetero) is 1. The second-order valence-electron chi connectivity index (χ2n) is 11.7. The molecular weight excluding hydrogens is 498 g/mol. The van der Waals surface area contributed by atoms with Crippen molar-refractivity contribution in [3.63, 3.8) is 0 Å². The summed E-state index contributed by atoms with van der Waals surface area (Å²) >= 11 is 0. The highest BCUT2D eigenvalue weighted by Crippen LogP contribution is 2.31. The predicted octanol–water partition coefficient (Wildman–Crippen LogP) is 6.92. The van der Waals surface area contributed by atoms with Crippen LogP contribution >= 0.6 is 0 Å². The maximum atomic E-state index is 13.5. The van der Waals surface area contributed by atoms with Crippen molar-refractivity contribution >= 4 is 11.8 Å². The van der Waals surface area contributed by atoms with E-state index in [1.807, 2.05) is 73.7 Å². The smallest absolute Gasteiger partial charge is 0.306 e. The molecule has 40 heavy (non-hydrogen) atoms. The van der Waals surface area contributed by atoms with Gasteiger partial charge in [0.15, 0.2) is 5.78 Å². The molecule has 212 valence electrons. The number of hydrogen-bond donors (Lipinski definition) is 0. The zero-order chi connectivity index (χ0) is 28.4. The van der Waals surface area contributed by atoms with Gasteiger partial charge in [-0.15, -0.1) is 0 Å². The lowest BCUT2D eigenvalue weighted by Gasteiger charge is -2.29. The zero-order valence-corrected chi connectivity index (χ0v) is 24.3. The number of benzene rings is 2. The first-order valence-corrected chi connectivity index (χ1v) is 14.7. The first kappa shape index (κ1) is 29.5. The quantitative estimate of drug-likeness (QED) is 0.157. The molecule has 0 spiro atoms. The molecule has 0 amide bonds. The van der Waals surface area contributed by atoms with Crippen molar-refractivity contribution in [3.8, 4) is 5.75 Å². The second kappa shape index (κ2) is 14.3. The number of ketones is 1. The number of likely N-dealkylation sites (N-methyl/N-ethyl adjacent to an activating group) is 1. The number of nitrogens with zero attached hydrogens (tertiary/aromatic N) is 1. The fourth-order valence-corrected chi connectivity index (χ4v) is 5.82. The van der Waals surface area contributed by atoms with Crippen LogP contribution in [0.5, 0.6) is 5.75 Å². The second-order valence-corrected chi connectivity index (χ2v) is 11.7. The van der Waals surface area contributed by atoms with Crippen LogP contribution in [0.25, 0.3) is 0 Å². The highest BCUT2D eigenvalue weighted by Gasteiger charge is 2.32. The highest BCUT2D eigenvalue weighted by atomic mass is 16.5. The molecule has 1 saturated heterocycles. The highest BCUT2D eigenvalue weighted by molar-refractivity contribution is 5.98. The van der Waals surface area contributed by atoms with Gasteiger partial charge in [0.25, 0.3) is 0 Å². The Morgan fingerprint density at radius 2 is 1.85 bits per heavy atom. The first-order chi connectivity index (χ1) is 19.3. The molecule has 5 nitrogen and oxygen atoms in total. The Hall–Kier alpha value is -3.44. The summed E-state index contributed by atoms with van der Waals surface area (Å²) in [6.07, 6.45) is 13.8. The number of carbonyl (C=O) groups is 2. The number of likely N-dealkylation sites (tertiary alicyclic amines) is 1. The maximum absolute atomic E-state index is 13.5. The van der Waals surface area contributed by atoms with E-state index in [1.54, 1.807) is 0 Å². The minimum atomic E-state index is -0.392. The number of carbonyl (C=O) groups excluding carboxylic acids is 2. The van der Waals surface area contributed by atoms with Crippen molar-refractivity contribution in [1.29, 1.82) is 0 Å². The topological polar surface area (TPSA) is 52.6 Å². The molecule has 0 saturated carbocycles. The monoisotopic (exact) mass is 542 g/mol. The molecule has 1 aliphatic heterocycles. The number of quaternary nitrogens is 1. The van der Waals surface area contributed by atoms with Gasteiger partial charge >= 0.3 is 5.97 Å². The van der Waals surface area contributed by atoms with Crippen molar-refractivity contribution in [2.45, 2.75) is 45.4 Å². The van der Waals surface area contributed by atoms with Gasteiger partial charge in [0.2, 0.25) is 0 Å². The van der Waals surface area contributed by atoms with Crippen LogP contribution in [0, 0.1) is 11.8 Å². The number of rotatable bonds is 13. The summed E-state index contributed by atoms with van der Waals surface area (Å²) in [5.41, 5.74) is 2.72. The summed E-state index contributed by atoms with van der Waals surface area (Å²) in [5.74, 6) is 0.581. The van der Waals surface area contributed by atoms with Crippen molar-refractivity contribution in [1.82, 2.24) is 0 Å². The van der Waals surface area contributed by atoms with Crippen LogP contribution in [0.3, 0.4) is 0 Å². The zero-order valence-electron chi connectivity index (χ0n) is 24.3. The average molecular weight is 543 g/mol. The van der Waals surface area contributed by atoms with E-state index in [4.69, 9.17) is 9.47 Å². The van der Waals surface area contributed by atoms with Crippen molar-refractivity contribution in [3.05, 3.63) is 102 Å². The van der Waals surface area contributed by atoms with Crippen LogP contribution in [0.15, 0.2) is 90.6 Å². The molecule has 4 unspecified atom stereocenters. The van der Waals surface area contributed by atoms with Crippen LogP contribution in [-0.4, -0.2) is 56.1 Å². The Morgan fingerprint density at radius 3 is 2.52 bits per heavy atom. The minimum absolute atomic E-state index is 0.00763. The molecule has 2 aromatic carbocycles. The summed E-state index contributed by atoms with van der Waals surface area (Å²) in [5, 5.41) is 0. The molecule has 0 aromatic heterocycles. The maximum Gasteiger partial charge on any atom is 0.306 e. The van der Waals surface area contributed by atoms with E-state index in [9.17, 15) is 9.59 Å². The Labute approximate surface area is 239 Å². The fourth-order valence-electron chi connectivity index (χ4n) is 5.82. The van der Waals surface area contributed by atoms with Crippen molar-refractivity contribution in [2.75, 3.05) is 39.9 Å². The summed E-state index contributed by atoms with van der Waals surface area (Å²) in [6, 6.07) is 17.2. The summed E-state index contributed by atoms with van der Waals surface area (Å²) < 4.78 is 12.6. The van der Waals surface area contributed by atoms with Crippen LogP contribution < -0.4 is 4.74 Å². The normalized spacial score (nSPS) is 22.1. The SMILES string of the molecule is CC1CC[N+](C)(CCOc2ccc(C(=O)C(C)C(CC(=O)OC/C=C/C3=CCCC=C3)c3ccccc3)cc2)C1. The minimum Gasteiger partial charge on any atom is -0.488 e. The Morgan fingerprint density at radius 1 is 1.07 bits per heavy atom. The summed E-state index contributed by atoms with van der Waals surface area (Å²) in [7, 11) is 2.30. The van der Waals surface area contributed by atoms with Gasteiger partial charge in [-0.3, -0.25) is 9.59 Å². The largest absolute Gasteiger partial charge is 0.488 e. The predicted molar refractivity (Wildman–Crippen MR) is 160 cm³/mol. The Balaban J connectivity index is 1.33. The van der Waals surface area contributed by atoms with E-state index in [0.29, 0.717) is 12.2 Å². The van der Waals surface area contributed by atoms with Gasteiger partial charge < -0.3 is 14.0 Å². The van der Waals surface area contributed by atoms with Gasteiger partial charge in [-0.05, 0) is 54.3 Å². The lowest BCUT2D eigenvalue weighted by atomic mass is 9.80. The summed E-state index contributed by atoms with van der Waals surface area (Å²) in [6.45, 7) is 8.50. The third-order valence-electron chi connectivity index (χ3n) is 8.26. The lowest BCUT2D eigenvalue weighted by molar-refractivity contribution is -0.899. The molecule has 2 aliphatic rings. The van der Waals surface area contributed by atoms with E-state index >= 15 is 0 Å². The lowest BCUT2D eigenvalue weighted by Crippen LogP contribution is -2.44. The molecule has 5 heteroatoms. The molecule has 2 aromatic rings. The van der Waals surface area contributed by atoms with Crippen molar-refractivity contribution in [2.24, 2.45) is 11.8 Å². The van der Waals surface area contributed by atoms with Gasteiger partial charge in [0.1, 0.15) is 25.5 Å². The van der Waals surface area contributed by atoms with E-state index < -0.39 is 5.92 Å². The van der Waals surface area contributed by atoms with E-state index in [1.165, 1.54) is 19.5 Å². The van der Waals surface area contributed by atoms with Crippen LogP contribution in [0.4, 0.5) is 0 Å². The van der Waals surface area contributed by atoms with Gasteiger partial charge in [-0.25, -0.2) is 0 Å². The Bertz CT molecular complexity index is 1210. The number of hydrogen-bond acceptors (Lipinski definition) is 4. The third kappa shape index (κ3) is 8.53. The first-order valence-electron chi connectivity index (χ1n) is 14.7. The standard InChI is InChI=1S/C35H44NO4/c1-27-20-21-36(3,26-27)22-24-39-32-18-16-31(17-19-32)35(38)28(2)33(30-14-8-5-9-15-30)25-34(37)40-23-10-13-29-11-6-4-7-12-29/h5-6,8-19,27-28,33H,4,7,20-26H2,1-3H3/q+1/b13-10+. The molecule has 0 radical (unpaired) electrons.